The van der Waals surface area contributed by atoms with Gasteiger partial charge in [0.1, 0.15) is 5.75 Å². The lowest BCUT2D eigenvalue weighted by molar-refractivity contribution is -0.336. The van der Waals surface area contributed by atoms with E-state index in [1.807, 2.05) is 18.2 Å². The van der Waals surface area contributed by atoms with Crippen molar-refractivity contribution >= 4 is 18.7 Å². The van der Waals surface area contributed by atoms with Gasteiger partial charge in [0.2, 0.25) is 0 Å². The van der Waals surface area contributed by atoms with Crippen LogP contribution >= 0.6 is 0 Å². The van der Waals surface area contributed by atoms with Crippen molar-refractivity contribution in [2.75, 3.05) is 33.9 Å². The summed E-state index contributed by atoms with van der Waals surface area (Å²) in [7, 11) is 1.32. The van der Waals surface area contributed by atoms with Crippen LogP contribution in [0.1, 0.15) is 59.4 Å². The van der Waals surface area contributed by atoms with E-state index in [-0.39, 0.29) is 16.4 Å². The average molecular weight is 588 g/mol. The standard InChI is InChI=1S/C36H49NO4Si/c1-33(2,3)42(31-17-10-8-11-18-31,32-19-12-9-13-20-32)41-30-16-14-15-28(23-30)36(38)25-35(22-21-29(36)24-37(6)7)39-26-34(4,5)27-40-35/h8-20,23,29,38H,21-22,24-27H2,1-7H3. The van der Waals surface area contributed by atoms with E-state index in [4.69, 9.17) is 13.9 Å². The molecule has 1 N–H and O–H groups in total. The van der Waals surface area contributed by atoms with Crippen molar-refractivity contribution in [3.8, 4) is 5.75 Å². The number of hydrogen-bond acceptors (Lipinski definition) is 5. The van der Waals surface area contributed by atoms with Crippen LogP contribution in [0.4, 0.5) is 0 Å². The molecule has 6 heteroatoms. The first-order valence-electron chi connectivity index (χ1n) is 15.3. The van der Waals surface area contributed by atoms with E-state index in [2.05, 4.69) is 120 Å². The van der Waals surface area contributed by atoms with Gasteiger partial charge in [-0.2, -0.15) is 0 Å². The smallest absolute Gasteiger partial charge is 0.319 e. The largest absolute Gasteiger partial charge is 0.534 e. The molecule has 2 unspecified atom stereocenters. The van der Waals surface area contributed by atoms with Gasteiger partial charge >= 0.3 is 8.32 Å². The van der Waals surface area contributed by atoms with E-state index in [1.54, 1.807) is 0 Å². The molecule has 0 radical (unpaired) electrons. The van der Waals surface area contributed by atoms with E-state index in [0.29, 0.717) is 19.6 Å². The Balaban J connectivity index is 1.58. The molecule has 1 aliphatic carbocycles. The van der Waals surface area contributed by atoms with Crippen molar-refractivity contribution in [1.29, 1.82) is 0 Å². The number of hydrogen-bond donors (Lipinski definition) is 1. The minimum absolute atomic E-state index is 0.0309. The van der Waals surface area contributed by atoms with Gasteiger partial charge < -0.3 is 23.9 Å². The molecule has 0 aromatic heterocycles. The molecule has 42 heavy (non-hydrogen) atoms. The highest BCUT2D eigenvalue weighted by Crippen LogP contribution is 2.51. The predicted molar refractivity (Wildman–Crippen MR) is 173 cm³/mol. The van der Waals surface area contributed by atoms with E-state index in [1.165, 1.54) is 10.4 Å². The second kappa shape index (κ2) is 11.5. The van der Waals surface area contributed by atoms with Crippen LogP contribution in [-0.2, 0) is 15.1 Å². The highest BCUT2D eigenvalue weighted by Gasteiger charge is 2.55. The second-order valence-electron chi connectivity index (χ2n) is 14.5. The van der Waals surface area contributed by atoms with Gasteiger partial charge in [-0.1, -0.05) is 107 Å². The van der Waals surface area contributed by atoms with Gasteiger partial charge in [0.05, 0.1) is 18.8 Å². The molecule has 0 amide bonds. The van der Waals surface area contributed by atoms with Gasteiger partial charge in [-0.25, -0.2) is 0 Å². The van der Waals surface area contributed by atoms with Crippen LogP contribution in [0, 0.1) is 11.3 Å². The van der Waals surface area contributed by atoms with Crippen LogP contribution in [-0.4, -0.2) is 58.0 Å². The van der Waals surface area contributed by atoms with Crippen molar-refractivity contribution in [1.82, 2.24) is 4.90 Å². The number of nitrogens with zero attached hydrogens (tertiary/aromatic N) is 1. The van der Waals surface area contributed by atoms with Crippen LogP contribution < -0.4 is 14.8 Å². The van der Waals surface area contributed by atoms with Crippen molar-refractivity contribution in [3.05, 3.63) is 90.5 Å². The zero-order valence-corrected chi connectivity index (χ0v) is 27.5. The number of rotatable bonds is 7. The number of aliphatic hydroxyl groups is 1. The van der Waals surface area contributed by atoms with Gasteiger partial charge in [-0.3, -0.25) is 0 Å². The summed E-state index contributed by atoms with van der Waals surface area (Å²) in [5.41, 5.74) is -0.303. The fraction of sp³-hybridized carbons (Fsp3) is 0.500. The first kappa shape index (κ1) is 31.0. The number of benzene rings is 3. The lowest BCUT2D eigenvalue weighted by Gasteiger charge is -2.53. The molecular weight excluding hydrogens is 538 g/mol. The summed E-state index contributed by atoms with van der Waals surface area (Å²) >= 11 is 0. The van der Waals surface area contributed by atoms with Crippen LogP contribution in [0.2, 0.25) is 5.04 Å². The Labute approximate surface area is 254 Å². The average Bonchev–Trinajstić information content (AvgIpc) is 2.95. The zero-order chi connectivity index (χ0) is 30.2. The fourth-order valence-electron chi connectivity index (χ4n) is 6.94. The van der Waals surface area contributed by atoms with Crippen molar-refractivity contribution in [2.24, 2.45) is 11.3 Å². The molecule has 2 aliphatic rings. The Morgan fingerprint density at radius 2 is 1.45 bits per heavy atom. The molecule has 3 aromatic rings. The lowest BCUT2D eigenvalue weighted by atomic mass is 9.68. The maximum atomic E-state index is 12.7. The summed E-state index contributed by atoms with van der Waals surface area (Å²) in [6.07, 6.45) is 1.99. The molecule has 0 bridgehead atoms. The second-order valence-corrected chi connectivity index (χ2v) is 18.8. The highest BCUT2D eigenvalue weighted by molar-refractivity contribution is 7.00. The van der Waals surface area contributed by atoms with E-state index in [9.17, 15) is 5.11 Å². The monoisotopic (exact) mass is 587 g/mol. The molecule has 1 heterocycles. The van der Waals surface area contributed by atoms with Crippen LogP contribution in [0.25, 0.3) is 0 Å². The van der Waals surface area contributed by atoms with Gasteiger partial charge in [0.25, 0.3) is 0 Å². The minimum Gasteiger partial charge on any atom is -0.534 e. The van der Waals surface area contributed by atoms with Crippen LogP contribution in [0.15, 0.2) is 84.9 Å². The normalized spacial score (nSPS) is 24.1. The summed E-state index contributed by atoms with van der Waals surface area (Å²) in [6.45, 7) is 13.2. The lowest BCUT2D eigenvalue weighted by Crippen LogP contribution is -2.68. The Hall–Kier alpha value is -2.48. The molecule has 2 atom stereocenters. The molecule has 226 valence electrons. The first-order valence-corrected chi connectivity index (χ1v) is 17.3. The Kier molecular flexibility index (Phi) is 8.51. The Morgan fingerprint density at radius 3 is 1.98 bits per heavy atom. The third-order valence-corrected chi connectivity index (χ3v) is 14.1. The summed E-state index contributed by atoms with van der Waals surface area (Å²) < 4.78 is 20.2. The molecule has 3 aromatic carbocycles. The molecule has 5 rings (SSSR count). The summed E-state index contributed by atoms with van der Waals surface area (Å²) in [5.74, 6) is 0.0375. The molecule has 5 nitrogen and oxygen atoms in total. The van der Waals surface area contributed by atoms with Gasteiger partial charge in [0.15, 0.2) is 5.79 Å². The van der Waals surface area contributed by atoms with Crippen molar-refractivity contribution in [2.45, 2.75) is 70.3 Å². The van der Waals surface area contributed by atoms with Crippen molar-refractivity contribution in [3.63, 3.8) is 0 Å². The molecule has 2 fully saturated rings. The Morgan fingerprint density at radius 1 is 0.881 bits per heavy atom. The maximum absolute atomic E-state index is 12.7. The summed E-state index contributed by atoms with van der Waals surface area (Å²) in [4.78, 5) is 2.17. The zero-order valence-electron chi connectivity index (χ0n) is 26.5. The molecule has 1 spiro atoms. The maximum Gasteiger partial charge on any atom is 0.319 e. The first-order chi connectivity index (χ1) is 19.8. The Bertz CT molecular complexity index is 1290. The van der Waals surface area contributed by atoms with Crippen LogP contribution in [0.5, 0.6) is 5.75 Å². The summed E-state index contributed by atoms with van der Waals surface area (Å²) in [6, 6.07) is 29.6. The molecule has 1 aliphatic heterocycles. The van der Waals surface area contributed by atoms with E-state index >= 15 is 0 Å². The molecular formula is C36H49NO4Si. The fourth-order valence-corrected chi connectivity index (χ4v) is 11.3. The summed E-state index contributed by atoms with van der Waals surface area (Å²) in [5, 5.41) is 15.0. The van der Waals surface area contributed by atoms with Crippen LogP contribution in [0.3, 0.4) is 0 Å². The van der Waals surface area contributed by atoms with Gasteiger partial charge in [0, 0.05) is 30.7 Å². The predicted octanol–water partition coefficient (Wildman–Crippen LogP) is 5.94. The molecule has 1 saturated heterocycles. The third kappa shape index (κ3) is 5.97. The minimum atomic E-state index is -2.82. The topological polar surface area (TPSA) is 51.2 Å². The highest BCUT2D eigenvalue weighted by atomic mass is 28.4. The van der Waals surface area contributed by atoms with E-state index < -0.39 is 19.7 Å². The quantitative estimate of drug-likeness (QED) is 0.347. The van der Waals surface area contributed by atoms with Gasteiger partial charge in [-0.05, 0) is 53.6 Å². The molecule has 1 saturated carbocycles. The van der Waals surface area contributed by atoms with Crippen molar-refractivity contribution < 1.29 is 19.0 Å². The number of ether oxygens (including phenoxy) is 2. The van der Waals surface area contributed by atoms with Gasteiger partial charge in [-0.15, -0.1) is 0 Å². The van der Waals surface area contributed by atoms with E-state index in [0.717, 1.165) is 30.7 Å². The SMILES string of the molecule is CN(C)CC1CCC2(CC1(O)c1cccc(O[Si](c3ccccc3)(c3ccccc3)C(C)(C)C)c1)OCC(C)(C)CO2. The third-order valence-electron chi connectivity index (χ3n) is 9.15.